The van der Waals surface area contributed by atoms with Crippen molar-refractivity contribution in [2.75, 3.05) is 0 Å². The number of fused-ring (bicyclic) bond motifs is 1. The Morgan fingerprint density at radius 3 is 3.00 bits per heavy atom. The van der Waals surface area contributed by atoms with Crippen LogP contribution in [0, 0.1) is 6.92 Å². The molecular weight excluding hydrogens is 252 g/mol. The number of thiazole rings is 1. The normalized spacial score (nSPS) is 11.2. The number of nitrogens with zero attached hydrogens (tertiary/aromatic N) is 2. The average molecular weight is 263 g/mol. The lowest BCUT2D eigenvalue weighted by Gasteiger charge is -2.02. The van der Waals surface area contributed by atoms with Crippen LogP contribution in [0.3, 0.4) is 0 Å². The second-order valence-electron chi connectivity index (χ2n) is 4.03. The summed E-state index contributed by atoms with van der Waals surface area (Å²) in [5, 5.41) is 5.17. The number of hydrogen-bond acceptors (Lipinski definition) is 2. The van der Waals surface area contributed by atoms with E-state index in [2.05, 4.69) is 33.3 Å². The van der Waals surface area contributed by atoms with Crippen LogP contribution in [-0.4, -0.2) is 9.55 Å². The molecule has 0 saturated heterocycles. The van der Waals surface area contributed by atoms with Crippen LogP contribution in [0.2, 0.25) is 5.02 Å². The quantitative estimate of drug-likeness (QED) is 0.680. The first-order valence-electron chi connectivity index (χ1n) is 5.38. The zero-order valence-electron chi connectivity index (χ0n) is 9.35. The van der Waals surface area contributed by atoms with Gasteiger partial charge >= 0.3 is 0 Å². The predicted octanol–water partition coefficient (Wildman–Crippen LogP) is 4.11. The van der Waals surface area contributed by atoms with E-state index in [9.17, 15) is 0 Å². The van der Waals surface area contributed by atoms with Gasteiger partial charge in [-0.2, -0.15) is 0 Å². The molecule has 0 radical (unpaired) electrons. The van der Waals surface area contributed by atoms with Crippen LogP contribution in [0.4, 0.5) is 0 Å². The third-order valence-electron chi connectivity index (χ3n) is 2.71. The lowest BCUT2D eigenvalue weighted by atomic mass is 10.2. The third-order valence-corrected chi connectivity index (χ3v) is 3.89. The first-order valence-corrected chi connectivity index (χ1v) is 6.63. The topological polar surface area (TPSA) is 17.8 Å². The van der Waals surface area contributed by atoms with Gasteiger partial charge in [-0.05, 0) is 31.2 Å². The van der Waals surface area contributed by atoms with Crippen LogP contribution in [0.5, 0.6) is 0 Å². The molecular formula is C13H11ClN2S. The third kappa shape index (κ3) is 2.08. The van der Waals surface area contributed by atoms with Crippen molar-refractivity contribution in [2.45, 2.75) is 13.5 Å². The molecule has 0 spiro atoms. The van der Waals surface area contributed by atoms with Crippen LogP contribution in [-0.2, 0) is 6.54 Å². The molecule has 0 amide bonds. The molecule has 0 unspecified atom stereocenters. The molecule has 17 heavy (non-hydrogen) atoms. The van der Waals surface area contributed by atoms with E-state index < -0.39 is 0 Å². The van der Waals surface area contributed by atoms with Crippen LogP contribution in [0.15, 0.2) is 35.8 Å². The van der Waals surface area contributed by atoms with Gasteiger partial charge in [-0.25, -0.2) is 4.98 Å². The van der Waals surface area contributed by atoms with Crippen molar-refractivity contribution < 1.29 is 0 Å². The van der Waals surface area contributed by atoms with Gasteiger partial charge in [-0.3, -0.25) is 0 Å². The summed E-state index contributed by atoms with van der Waals surface area (Å²) in [4.78, 5) is 4.48. The summed E-state index contributed by atoms with van der Waals surface area (Å²) in [7, 11) is 0. The lowest BCUT2D eigenvalue weighted by Crippen LogP contribution is -1.97. The molecule has 0 aliphatic heterocycles. The zero-order chi connectivity index (χ0) is 11.8. The standard InChI is InChI=1S/C13H11ClN2S/c1-9-8-17-13(15-9)7-16-5-4-10-6-11(14)2-3-12(10)16/h2-6,8H,7H2,1H3. The SMILES string of the molecule is Cc1csc(Cn2ccc3cc(Cl)ccc32)n1. The summed E-state index contributed by atoms with van der Waals surface area (Å²) in [5.74, 6) is 0. The van der Waals surface area contributed by atoms with Crippen molar-refractivity contribution in [2.24, 2.45) is 0 Å². The van der Waals surface area contributed by atoms with E-state index in [1.807, 2.05) is 19.1 Å². The Bertz CT molecular complexity index is 669. The fraction of sp³-hybridized carbons (Fsp3) is 0.154. The molecule has 2 aromatic heterocycles. The smallest absolute Gasteiger partial charge is 0.113 e. The van der Waals surface area contributed by atoms with Crippen LogP contribution >= 0.6 is 22.9 Å². The van der Waals surface area contributed by atoms with E-state index in [-0.39, 0.29) is 0 Å². The monoisotopic (exact) mass is 262 g/mol. The second-order valence-corrected chi connectivity index (χ2v) is 5.41. The van der Waals surface area contributed by atoms with E-state index in [1.165, 1.54) is 10.9 Å². The molecule has 0 aliphatic carbocycles. The highest BCUT2D eigenvalue weighted by atomic mass is 35.5. The van der Waals surface area contributed by atoms with Crippen molar-refractivity contribution in [3.05, 3.63) is 51.6 Å². The number of hydrogen-bond donors (Lipinski definition) is 0. The molecule has 1 aromatic carbocycles. The Morgan fingerprint density at radius 2 is 2.24 bits per heavy atom. The maximum Gasteiger partial charge on any atom is 0.113 e. The Morgan fingerprint density at radius 1 is 1.35 bits per heavy atom. The summed E-state index contributed by atoms with van der Waals surface area (Å²) < 4.78 is 2.20. The molecule has 3 aromatic rings. The summed E-state index contributed by atoms with van der Waals surface area (Å²) >= 11 is 7.67. The van der Waals surface area contributed by atoms with Crippen LogP contribution in [0.25, 0.3) is 10.9 Å². The molecule has 3 rings (SSSR count). The van der Waals surface area contributed by atoms with E-state index in [4.69, 9.17) is 11.6 Å². The van der Waals surface area contributed by atoms with Gasteiger partial charge in [0.05, 0.1) is 6.54 Å². The van der Waals surface area contributed by atoms with Gasteiger partial charge in [-0.1, -0.05) is 11.6 Å². The minimum atomic E-state index is 0.778. The van der Waals surface area contributed by atoms with E-state index in [0.29, 0.717) is 0 Å². The van der Waals surface area contributed by atoms with E-state index in [0.717, 1.165) is 22.3 Å². The van der Waals surface area contributed by atoms with Gasteiger partial charge in [0.1, 0.15) is 5.01 Å². The highest BCUT2D eigenvalue weighted by Crippen LogP contribution is 2.22. The summed E-state index contributed by atoms with van der Waals surface area (Å²) in [6, 6.07) is 8.05. The highest BCUT2D eigenvalue weighted by Gasteiger charge is 2.04. The molecule has 2 nitrogen and oxygen atoms in total. The first-order chi connectivity index (χ1) is 8.22. The van der Waals surface area contributed by atoms with Crippen molar-refractivity contribution in [3.8, 4) is 0 Å². The van der Waals surface area contributed by atoms with Gasteiger partial charge in [0.2, 0.25) is 0 Å². The van der Waals surface area contributed by atoms with Crippen molar-refractivity contribution in [1.82, 2.24) is 9.55 Å². The minimum Gasteiger partial charge on any atom is -0.341 e. The second kappa shape index (κ2) is 4.17. The summed E-state index contributed by atoms with van der Waals surface area (Å²) in [5.41, 5.74) is 2.28. The Kier molecular flexibility index (Phi) is 2.65. The number of aromatic nitrogens is 2. The molecule has 2 heterocycles. The van der Waals surface area contributed by atoms with Gasteiger partial charge < -0.3 is 4.57 Å². The number of aryl methyl sites for hydroxylation is 1. The van der Waals surface area contributed by atoms with Crippen LogP contribution < -0.4 is 0 Å². The van der Waals surface area contributed by atoms with Crippen molar-refractivity contribution in [3.63, 3.8) is 0 Å². The predicted molar refractivity (Wildman–Crippen MR) is 72.9 cm³/mol. The number of benzene rings is 1. The maximum absolute atomic E-state index is 5.97. The highest BCUT2D eigenvalue weighted by molar-refractivity contribution is 7.09. The molecule has 0 aliphatic rings. The average Bonchev–Trinajstić information content (AvgIpc) is 2.86. The zero-order valence-corrected chi connectivity index (χ0v) is 10.9. The van der Waals surface area contributed by atoms with Crippen molar-refractivity contribution >= 4 is 33.8 Å². The van der Waals surface area contributed by atoms with E-state index in [1.54, 1.807) is 11.3 Å². The summed E-state index contributed by atoms with van der Waals surface area (Å²) in [6.07, 6.45) is 2.08. The molecule has 0 bridgehead atoms. The Balaban J connectivity index is 2.00. The minimum absolute atomic E-state index is 0.778. The summed E-state index contributed by atoms with van der Waals surface area (Å²) in [6.45, 7) is 2.84. The molecule has 4 heteroatoms. The van der Waals surface area contributed by atoms with Gasteiger partial charge in [-0.15, -0.1) is 11.3 Å². The Hall–Kier alpha value is -1.32. The van der Waals surface area contributed by atoms with E-state index >= 15 is 0 Å². The fourth-order valence-corrected chi connectivity index (χ4v) is 2.88. The molecule has 0 atom stereocenters. The van der Waals surface area contributed by atoms with Gasteiger partial charge in [0.25, 0.3) is 0 Å². The lowest BCUT2D eigenvalue weighted by molar-refractivity contribution is 0.825. The molecule has 0 saturated carbocycles. The first kappa shape index (κ1) is 10.8. The van der Waals surface area contributed by atoms with Gasteiger partial charge in [0, 0.05) is 33.2 Å². The maximum atomic E-state index is 5.97. The molecule has 0 fully saturated rings. The largest absolute Gasteiger partial charge is 0.341 e. The molecule has 0 N–H and O–H groups in total. The Labute approximate surface area is 108 Å². The van der Waals surface area contributed by atoms with Crippen LogP contribution in [0.1, 0.15) is 10.7 Å². The van der Waals surface area contributed by atoms with Crippen molar-refractivity contribution in [1.29, 1.82) is 0 Å². The number of rotatable bonds is 2. The number of halogens is 1. The fourth-order valence-electron chi connectivity index (χ4n) is 1.93. The van der Waals surface area contributed by atoms with Gasteiger partial charge in [0.15, 0.2) is 0 Å². The molecule has 86 valence electrons.